The smallest absolute Gasteiger partial charge is 0.333 e. The van der Waals surface area contributed by atoms with E-state index in [-0.39, 0.29) is 5.97 Å². The molecule has 1 atom stereocenters. The van der Waals surface area contributed by atoms with Crippen LogP contribution in [0, 0.1) is 0 Å². The van der Waals surface area contributed by atoms with Gasteiger partial charge in [-0.1, -0.05) is 26.8 Å². The van der Waals surface area contributed by atoms with E-state index in [4.69, 9.17) is 9.47 Å². The van der Waals surface area contributed by atoms with E-state index in [1.807, 2.05) is 0 Å². The van der Waals surface area contributed by atoms with Crippen LogP contribution in [-0.2, 0) is 14.3 Å². The van der Waals surface area contributed by atoms with Gasteiger partial charge in [-0.25, -0.2) is 4.79 Å². The highest BCUT2D eigenvalue weighted by Gasteiger charge is 2.07. The van der Waals surface area contributed by atoms with E-state index in [0.717, 1.165) is 38.7 Å². The van der Waals surface area contributed by atoms with Crippen molar-refractivity contribution in [1.82, 2.24) is 0 Å². The van der Waals surface area contributed by atoms with Gasteiger partial charge in [-0.05, 0) is 32.6 Å². The fourth-order valence-corrected chi connectivity index (χ4v) is 1.40. The first kappa shape index (κ1) is 16.2. The number of carbonyl (C=O) groups excluding carboxylic acids is 1. The van der Waals surface area contributed by atoms with Crippen LogP contribution in [0.25, 0.3) is 0 Å². The Morgan fingerprint density at radius 1 is 1.24 bits per heavy atom. The van der Waals surface area contributed by atoms with Gasteiger partial charge < -0.3 is 9.47 Å². The van der Waals surface area contributed by atoms with Crippen molar-refractivity contribution in [2.75, 3.05) is 13.2 Å². The maximum Gasteiger partial charge on any atom is 0.333 e. The number of hydrogen-bond acceptors (Lipinski definition) is 3. The molecule has 0 aromatic carbocycles. The molecule has 0 aliphatic carbocycles. The predicted molar refractivity (Wildman–Crippen MR) is 69.9 cm³/mol. The van der Waals surface area contributed by atoms with Crippen LogP contribution in [0.1, 0.15) is 52.9 Å². The van der Waals surface area contributed by atoms with Gasteiger partial charge in [0.25, 0.3) is 0 Å². The van der Waals surface area contributed by atoms with E-state index in [1.54, 1.807) is 6.92 Å². The van der Waals surface area contributed by atoms with Crippen LogP contribution >= 0.6 is 0 Å². The summed E-state index contributed by atoms with van der Waals surface area (Å²) >= 11 is 0. The van der Waals surface area contributed by atoms with Crippen molar-refractivity contribution in [2.24, 2.45) is 0 Å². The zero-order valence-corrected chi connectivity index (χ0v) is 11.5. The third-order valence-corrected chi connectivity index (χ3v) is 2.56. The van der Waals surface area contributed by atoms with Crippen LogP contribution in [0.2, 0.25) is 0 Å². The van der Waals surface area contributed by atoms with Gasteiger partial charge >= 0.3 is 5.97 Å². The zero-order chi connectivity index (χ0) is 13.1. The van der Waals surface area contributed by atoms with Gasteiger partial charge in [0, 0.05) is 12.2 Å². The Balaban J connectivity index is 3.55. The number of unbranched alkanes of at least 4 members (excludes halogenated alkanes) is 1. The Bertz CT molecular complexity index is 224. The molecule has 0 aliphatic heterocycles. The summed E-state index contributed by atoms with van der Waals surface area (Å²) in [5.74, 6) is -0.301. The van der Waals surface area contributed by atoms with E-state index in [0.29, 0.717) is 18.3 Å². The fraction of sp³-hybridized carbons (Fsp3) is 0.786. The van der Waals surface area contributed by atoms with E-state index in [9.17, 15) is 4.79 Å². The normalized spacial score (nSPS) is 12.2. The van der Waals surface area contributed by atoms with Gasteiger partial charge in [0.1, 0.15) is 0 Å². The highest BCUT2D eigenvalue weighted by atomic mass is 16.5. The molecule has 0 bridgehead atoms. The van der Waals surface area contributed by atoms with Crippen LogP contribution in [0.15, 0.2) is 12.2 Å². The summed E-state index contributed by atoms with van der Waals surface area (Å²) in [4.78, 5) is 11.1. The van der Waals surface area contributed by atoms with Crippen molar-refractivity contribution in [1.29, 1.82) is 0 Å². The minimum atomic E-state index is -0.301. The van der Waals surface area contributed by atoms with E-state index in [2.05, 4.69) is 20.4 Å². The lowest BCUT2D eigenvalue weighted by atomic mass is 10.1. The Labute approximate surface area is 105 Å². The Kier molecular flexibility index (Phi) is 9.83. The Morgan fingerprint density at radius 2 is 1.94 bits per heavy atom. The number of esters is 1. The molecule has 0 N–H and O–H groups in total. The van der Waals surface area contributed by atoms with Gasteiger partial charge in [-0.3, -0.25) is 0 Å². The topological polar surface area (TPSA) is 35.5 Å². The van der Waals surface area contributed by atoms with Crippen LogP contribution in [0.3, 0.4) is 0 Å². The number of ether oxygens (including phenoxy) is 2. The molecule has 0 heterocycles. The molecule has 0 fully saturated rings. The average molecular weight is 242 g/mol. The standard InChI is InChI=1S/C14H26O3/c1-5-7-10-16-13(6-2)9-8-11-17-14(15)12(3)4/h13H,3,5-11H2,1-2,4H3. The molecule has 0 aromatic heterocycles. The van der Waals surface area contributed by atoms with Crippen LogP contribution < -0.4 is 0 Å². The molecule has 100 valence electrons. The van der Waals surface area contributed by atoms with Gasteiger partial charge in [-0.15, -0.1) is 0 Å². The molecule has 0 spiro atoms. The maximum absolute atomic E-state index is 11.1. The minimum absolute atomic E-state index is 0.296. The molecule has 0 rings (SSSR count). The number of rotatable bonds is 10. The average Bonchev–Trinajstić information content (AvgIpc) is 2.31. The molecule has 0 aliphatic rings. The molecule has 0 saturated carbocycles. The monoisotopic (exact) mass is 242 g/mol. The number of carbonyl (C=O) groups is 1. The first-order valence-electron chi connectivity index (χ1n) is 6.56. The first-order chi connectivity index (χ1) is 8.11. The molecule has 3 heteroatoms. The van der Waals surface area contributed by atoms with Gasteiger partial charge in [0.05, 0.1) is 12.7 Å². The SMILES string of the molecule is C=C(C)C(=O)OCCCC(CC)OCCCC. The molecular weight excluding hydrogens is 216 g/mol. The van der Waals surface area contributed by atoms with Crippen molar-refractivity contribution < 1.29 is 14.3 Å². The van der Waals surface area contributed by atoms with Crippen LogP contribution in [-0.4, -0.2) is 25.3 Å². The third-order valence-electron chi connectivity index (χ3n) is 2.56. The Hall–Kier alpha value is -0.830. The van der Waals surface area contributed by atoms with E-state index >= 15 is 0 Å². The van der Waals surface area contributed by atoms with Crippen molar-refractivity contribution in [3.63, 3.8) is 0 Å². The third kappa shape index (κ3) is 8.93. The van der Waals surface area contributed by atoms with Crippen LogP contribution in [0.5, 0.6) is 0 Å². The minimum Gasteiger partial charge on any atom is -0.462 e. The number of hydrogen-bond donors (Lipinski definition) is 0. The highest BCUT2D eigenvalue weighted by Crippen LogP contribution is 2.08. The predicted octanol–water partition coefficient (Wildman–Crippen LogP) is 3.48. The quantitative estimate of drug-likeness (QED) is 0.334. The molecule has 1 unspecified atom stereocenters. The lowest BCUT2D eigenvalue weighted by molar-refractivity contribution is -0.139. The summed E-state index contributed by atoms with van der Waals surface area (Å²) in [5.41, 5.74) is 0.455. The summed E-state index contributed by atoms with van der Waals surface area (Å²) in [6.07, 6.45) is 5.38. The van der Waals surface area contributed by atoms with Gasteiger partial charge in [-0.2, -0.15) is 0 Å². The zero-order valence-electron chi connectivity index (χ0n) is 11.5. The molecular formula is C14H26O3. The molecule has 0 aromatic rings. The summed E-state index contributed by atoms with van der Waals surface area (Å²) < 4.78 is 10.8. The lowest BCUT2D eigenvalue weighted by Crippen LogP contribution is -2.14. The van der Waals surface area contributed by atoms with Gasteiger partial charge in [0.2, 0.25) is 0 Å². The molecule has 0 saturated heterocycles. The highest BCUT2D eigenvalue weighted by molar-refractivity contribution is 5.86. The maximum atomic E-state index is 11.1. The van der Waals surface area contributed by atoms with E-state index in [1.165, 1.54) is 0 Å². The molecule has 0 amide bonds. The molecule has 17 heavy (non-hydrogen) atoms. The first-order valence-corrected chi connectivity index (χ1v) is 6.56. The summed E-state index contributed by atoms with van der Waals surface area (Å²) in [7, 11) is 0. The Morgan fingerprint density at radius 3 is 2.47 bits per heavy atom. The summed E-state index contributed by atoms with van der Waals surface area (Å²) in [6.45, 7) is 10.8. The second-order valence-corrected chi connectivity index (χ2v) is 4.31. The van der Waals surface area contributed by atoms with Crippen molar-refractivity contribution in [3.8, 4) is 0 Å². The molecule has 3 nitrogen and oxygen atoms in total. The van der Waals surface area contributed by atoms with Crippen molar-refractivity contribution in [2.45, 2.75) is 59.0 Å². The fourth-order valence-electron chi connectivity index (χ4n) is 1.40. The summed E-state index contributed by atoms with van der Waals surface area (Å²) in [5, 5.41) is 0. The molecule has 0 radical (unpaired) electrons. The van der Waals surface area contributed by atoms with Gasteiger partial charge in [0.15, 0.2) is 0 Å². The van der Waals surface area contributed by atoms with Crippen molar-refractivity contribution >= 4 is 5.97 Å². The largest absolute Gasteiger partial charge is 0.462 e. The lowest BCUT2D eigenvalue weighted by Gasteiger charge is -2.15. The van der Waals surface area contributed by atoms with Crippen molar-refractivity contribution in [3.05, 3.63) is 12.2 Å². The second-order valence-electron chi connectivity index (χ2n) is 4.31. The van der Waals surface area contributed by atoms with E-state index < -0.39 is 0 Å². The van der Waals surface area contributed by atoms with Crippen LogP contribution in [0.4, 0.5) is 0 Å². The summed E-state index contributed by atoms with van der Waals surface area (Å²) in [6, 6.07) is 0. The second kappa shape index (κ2) is 10.3.